The lowest BCUT2D eigenvalue weighted by atomic mass is 9.91. The molecule has 0 saturated carbocycles. The van der Waals surface area contributed by atoms with E-state index in [-0.39, 0.29) is 17.8 Å². The van der Waals surface area contributed by atoms with Crippen molar-refractivity contribution >= 4 is 27.8 Å². The minimum absolute atomic E-state index is 0.0834. The number of hydrogen-bond donors (Lipinski definition) is 0. The van der Waals surface area contributed by atoms with E-state index in [0.717, 1.165) is 15.6 Å². The van der Waals surface area contributed by atoms with Crippen LogP contribution in [0.15, 0.2) is 22.7 Å². The molecule has 0 aromatic heterocycles. The predicted molar refractivity (Wildman–Crippen MR) is 88.9 cm³/mol. The van der Waals surface area contributed by atoms with Gasteiger partial charge >= 0.3 is 6.09 Å². The highest BCUT2D eigenvalue weighted by molar-refractivity contribution is 9.10. The summed E-state index contributed by atoms with van der Waals surface area (Å²) in [5.41, 5.74) is 1.63. The number of benzene rings is 1. The Morgan fingerprint density at radius 1 is 1.32 bits per heavy atom. The van der Waals surface area contributed by atoms with Crippen molar-refractivity contribution in [1.82, 2.24) is 4.90 Å². The first kappa shape index (κ1) is 17.0. The summed E-state index contributed by atoms with van der Waals surface area (Å²) >= 11 is 3.48. The summed E-state index contributed by atoms with van der Waals surface area (Å²) in [6.45, 7) is 8.43. The maximum absolute atomic E-state index is 12.3. The fourth-order valence-electron chi connectivity index (χ4n) is 2.33. The lowest BCUT2D eigenvalue weighted by Crippen LogP contribution is -2.54. The van der Waals surface area contributed by atoms with Crippen molar-refractivity contribution < 1.29 is 14.3 Å². The number of rotatable bonds is 3. The highest BCUT2D eigenvalue weighted by atomic mass is 79.9. The Hall–Kier alpha value is -1.36. The van der Waals surface area contributed by atoms with E-state index in [0.29, 0.717) is 19.5 Å². The molecule has 0 N–H and O–H groups in total. The molecule has 1 amide bonds. The van der Waals surface area contributed by atoms with Gasteiger partial charge in [-0.15, -0.1) is 0 Å². The van der Waals surface area contributed by atoms with E-state index in [1.54, 1.807) is 4.90 Å². The Labute approximate surface area is 140 Å². The largest absolute Gasteiger partial charge is 0.444 e. The Balaban J connectivity index is 1.87. The maximum atomic E-state index is 12.3. The van der Waals surface area contributed by atoms with E-state index in [1.807, 2.05) is 45.9 Å². The van der Waals surface area contributed by atoms with Gasteiger partial charge in [-0.05, 0) is 39.3 Å². The molecule has 2 rings (SSSR count). The smallest absolute Gasteiger partial charge is 0.410 e. The predicted octanol–water partition coefficient (Wildman–Crippen LogP) is 3.74. The van der Waals surface area contributed by atoms with Crippen LogP contribution in [0.4, 0.5) is 4.79 Å². The highest BCUT2D eigenvalue weighted by Gasteiger charge is 2.37. The van der Waals surface area contributed by atoms with Crippen molar-refractivity contribution in [2.75, 3.05) is 13.1 Å². The molecule has 0 aliphatic carbocycles. The molecular formula is C17H22BrNO3. The van der Waals surface area contributed by atoms with Crippen LogP contribution in [-0.2, 0) is 16.0 Å². The molecule has 4 nitrogen and oxygen atoms in total. The number of halogens is 1. The number of nitrogens with zero attached hydrogens (tertiary/aromatic N) is 1. The van der Waals surface area contributed by atoms with E-state index in [2.05, 4.69) is 15.9 Å². The van der Waals surface area contributed by atoms with Crippen LogP contribution in [0.3, 0.4) is 0 Å². The second kappa shape index (κ2) is 6.41. The van der Waals surface area contributed by atoms with Crippen molar-refractivity contribution in [3.05, 3.63) is 33.8 Å². The van der Waals surface area contributed by atoms with E-state index in [9.17, 15) is 9.59 Å². The standard InChI is InChI=1S/C17H22BrNO3/c1-11-5-6-14(18)12(7-11)8-15(20)13-9-19(10-13)16(21)22-17(2,3)4/h5-7,13H,8-10H2,1-4H3. The highest BCUT2D eigenvalue weighted by Crippen LogP contribution is 2.24. The van der Waals surface area contributed by atoms with Crippen LogP contribution in [0, 0.1) is 12.8 Å². The minimum atomic E-state index is -0.501. The van der Waals surface area contributed by atoms with Crippen LogP contribution < -0.4 is 0 Å². The number of carbonyl (C=O) groups excluding carboxylic acids is 2. The first-order valence-electron chi connectivity index (χ1n) is 7.41. The molecule has 1 aromatic rings. The van der Waals surface area contributed by atoms with Crippen LogP contribution in [0.25, 0.3) is 0 Å². The molecule has 0 spiro atoms. The molecule has 5 heteroatoms. The van der Waals surface area contributed by atoms with E-state index in [1.165, 1.54) is 0 Å². The fourth-order valence-corrected chi connectivity index (χ4v) is 2.72. The van der Waals surface area contributed by atoms with Crippen molar-refractivity contribution in [3.63, 3.8) is 0 Å². The molecule has 0 unspecified atom stereocenters. The molecule has 0 bridgehead atoms. The van der Waals surface area contributed by atoms with E-state index >= 15 is 0 Å². The third-order valence-electron chi connectivity index (χ3n) is 3.55. The lowest BCUT2D eigenvalue weighted by Gasteiger charge is -2.39. The zero-order valence-corrected chi connectivity index (χ0v) is 15.1. The number of carbonyl (C=O) groups is 2. The SMILES string of the molecule is Cc1ccc(Br)c(CC(=O)C2CN(C(=O)OC(C)(C)C)C2)c1. The molecule has 1 aliphatic heterocycles. The molecule has 22 heavy (non-hydrogen) atoms. The Morgan fingerprint density at radius 3 is 2.55 bits per heavy atom. The summed E-state index contributed by atoms with van der Waals surface area (Å²) in [4.78, 5) is 25.7. The summed E-state index contributed by atoms with van der Waals surface area (Å²) in [6.07, 6.45) is 0.0584. The van der Waals surface area contributed by atoms with Crippen LogP contribution in [0.1, 0.15) is 31.9 Å². The number of likely N-dealkylation sites (tertiary alicyclic amines) is 1. The molecule has 0 radical (unpaired) electrons. The molecule has 1 fully saturated rings. The summed E-state index contributed by atoms with van der Waals surface area (Å²) in [5, 5.41) is 0. The van der Waals surface area contributed by atoms with Gasteiger partial charge < -0.3 is 9.64 Å². The second-order valence-electron chi connectivity index (χ2n) is 6.82. The first-order chi connectivity index (χ1) is 10.2. The summed E-state index contributed by atoms with van der Waals surface area (Å²) in [7, 11) is 0. The van der Waals surface area contributed by atoms with Gasteiger partial charge in [-0.3, -0.25) is 4.79 Å². The van der Waals surface area contributed by atoms with E-state index in [4.69, 9.17) is 4.74 Å². The molecule has 120 valence electrons. The quantitative estimate of drug-likeness (QED) is 0.817. The molecule has 1 aliphatic rings. The lowest BCUT2D eigenvalue weighted by molar-refractivity contribution is -0.126. The molecule has 0 atom stereocenters. The number of hydrogen-bond acceptors (Lipinski definition) is 3. The van der Waals surface area contributed by atoms with Crippen LogP contribution in [0.5, 0.6) is 0 Å². The zero-order chi connectivity index (χ0) is 16.5. The number of ketones is 1. The second-order valence-corrected chi connectivity index (χ2v) is 7.67. The summed E-state index contributed by atoms with van der Waals surface area (Å²) < 4.78 is 6.24. The minimum Gasteiger partial charge on any atom is -0.444 e. The number of Topliss-reactive ketones (excluding diaryl/α,β-unsaturated/α-hetero) is 1. The average molecular weight is 368 g/mol. The molecule has 1 aromatic carbocycles. The molecular weight excluding hydrogens is 346 g/mol. The van der Waals surface area contributed by atoms with Gasteiger partial charge in [0, 0.05) is 24.0 Å². The van der Waals surface area contributed by atoms with Crippen molar-refractivity contribution in [1.29, 1.82) is 0 Å². The van der Waals surface area contributed by atoms with Gasteiger partial charge in [0.05, 0.1) is 5.92 Å². The van der Waals surface area contributed by atoms with Crippen LogP contribution in [0.2, 0.25) is 0 Å². The number of aryl methyl sites for hydroxylation is 1. The third kappa shape index (κ3) is 4.32. The van der Waals surface area contributed by atoms with Crippen LogP contribution in [-0.4, -0.2) is 35.5 Å². The van der Waals surface area contributed by atoms with Gasteiger partial charge in [-0.25, -0.2) is 4.79 Å². The summed E-state index contributed by atoms with van der Waals surface area (Å²) in [6, 6.07) is 5.99. The fraction of sp³-hybridized carbons (Fsp3) is 0.529. The Kier molecular flexibility index (Phi) is 4.95. The van der Waals surface area contributed by atoms with E-state index < -0.39 is 5.60 Å². The Bertz CT molecular complexity index is 586. The maximum Gasteiger partial charge on any atom is 0.410 e. The zero-order valence-electron chi connectivity index (χ0n) is 13.5. The third-order valence-corrected chi connectivity index (χ3v) is 4.33. The number of ether oxygens (including phenoxy) is 1. The van der Waals surface area contributed by atoms with Gasteiger partial charge in [0.15, 0.2) is 0 Å². The van der Waals surface area contributed by atoms with Gasteiger partial charge in [-0.1, -0.05) is 33.6 Å². The monoisotopic (exact) mass is 367 g/mol. The van der Waals surface area contributed by atoms with Crippen molar-refractivity contribution in [3.8, 4) is 0 Å². The van der Waals surface area contributed by atoms with Gasteiger partial charge in [0.2, 0.25) is 0 Å². The van der Waals surface area contributed by atoms with Crippen molar-refractivity contribution in [2.45, 2.75) is 39.7 Å². The normalized spacial score (nSPS) is 15.4. The van der Waals surface area contributed by atoms with Gasteiger partial charge in [-0.2, -0.15) is 0 Å². The van der Waals surface area contributed by atoms with Crippen molar-refractivity contribution in [2.24, 2.45) is 5.92 Å². The average Bonchev–Trinajstić information content (AvgIpc) is 2.29. The summed E-state index contributed by atoms with van der Waals surface area (Å²) in [5.74, 6) is 0.0889. The first-order valence-corrected chi connectivity index (χ1v) is 8.20. The molecule has 1 saturated heterocycles. The molecule has 1 heterocycles. The van der Waals surface area contributed by atoms with Crippen LogP contribution >= 0.6 is 15.9 Å². The number of amides is 1. The Morgan fingerprint density at radius 2 is 1.95 bits per heavy atom. The van der Waals surface area contributed by atoms with Gasteiger partial charge in [0.1, 0.15) is 11.4 Å². The van der Waals surface area contributed by atoms with Gasteiger partial charge in [0.25, 0.3) is 0 Å². The topological polar surface area (TPSA) is 46.6 Å².